The number of thioether (sulfide) groups is 1. The van der Waals surface area contributed by atoms with Gasteiger partial charge < -0.3 is 15.1 Å². The Bertz CT molecular complexity index is 333. The highest BCUT2D eigenvalue weighted by atomic mass is 32.2. The van der Waals surface area contributed by atoms with Gasteiger partial charge in [-0.1, -0.05) is 6.92 Å². The van der Waals surface area contributed by atoms with Gasteiger partial charge in [-0.3, -0.25) is 9.79 Å². The van der Waals surface area contributed by atoms with Crippen molar-refractivity contribution < 1.29 is 4.79 Å². The standard InChI is InChI=1S/C14H28N4OS/c1-5-12-11-18(9-10-20-12)14(15-6-2)16-8-7-13(19)17(3)4/h12H,5-11H2,1-4H3,(H,15,16). The van der Waals surface area contributed by atoms with Crippen molar-refractivity contribution in [2.24, 2.45) is 4.99 Å². The number of nitrogens with one attached hydrogen (secondary N) is 1. The van der Waals surface area contributed by atoms with E-state index < -0.39 is 0 Å². The fourth-order valence-electron chi connectivity index (χ4n) is 2.07. The van der Waals surface area contributed by atoms with Crippen LogP contribution in [0, 0.1) is 0 Å². The number of hydrogen-bond donors (Lipinski definition) is 1. The molecule has 116 valence electrons. The summed E-state index contributed by atoms with van der Waals surface area (Å²) < 4.78 is 0. The van der Waals surface area contributed by atoms with Crippen LogP contribution in [0.3, 0.4) is 0 Å². The van der Waals surface area contributed by atoms with Gasteiger partial charge in [0.25, 0.3) is 0 Å². The summed E-state index contributed by atoms with van der Waals surface area (Å²) in [5, 5.41) is 4.03. The summed E-state index contributed by atoms with van der Waals surface area (Å²) in [7, 11) is 3.57. The van der Waals surface area contributed by atoms with E-state index in [0.29, 0.717) is 18.2 Å². The molecule has 1 atom stereocenters. The maximum absolute atomic E-state index is 11.6. The van der Waals surface area contributed by atoms with E-state index >= 15 is 0 Å². The molecule has 0 aromatic carbocycles. The van der Waals surface area contributed by atoms with Gasteiger partial charge in [-0.25, -0.2) is 0 Å². The Balaban J connectivity index is 2.55. The first-order chi connectivity index (χ1) is 9.58. The lowest BCUT2D eigenvalue weighted by atomic mass is 10.3. The van der Waals surface area contributed by atoms with Crippen LogP contribution in [0.1, 0.15) is 26.7 Å². The van der Waals surface area contributed by atoms with Gasteiger partial charge in [-0.2, -0.15) is 11.8 Å². The minimum atomic E-state index is 0.130. The van der Waals surface area contributed by atoms with E-state index in [2.05, 4.69) is 29.1 Å². The number of guanidine groups is 1. The monoisotopic (exact) mass is 300 g/mol. The molecule has 5 nitrogen and oxygen atoms in total. The van der Waals surface area contributed by atoms with E-state index in [1.54, 1.807) is 19.0 Å². The van der Waals surface area contributed by atoms with Crippen molar-refractivity contribution in [2.75, 3.05) is 46.0 Å². The van der Waals surface area contributed by atoms with Crippen molar-refractivity contribution in [3.05, 3.63) is 0 Å². The van der Waals surface area contributed by atoms with Gasteiger partial charge in [-0.05, 0) is 13.3 Å². The highest BCUT2D eigenvalue weighted by molar-refractivity contribution is 8.00. The van der Waals surface area contributed by atoms with Crippen LogP contribution in [-0.2, 0) is 4.79 Å². The average molecular weight is 300 g/mol. The number of aliphatic imine (C=N–C) groups is 1. The Kier molecular flexibility index (Phi) is 7.80. The second-order valence-electron chi connectivity index (χ2n) is 5.12. The lowest BCUT2D eigenvalue weighted by Crippen LogP contribution is -2.48. The number of carbonyl (C=O) groups excluding carboxylic acids is 1. The van der Waals surface area contributed by atoms with E-state index in [1.807, 2.05) is 11.8 Å². The molecule has 0 aromatic heterocycles. The first-order valence-electron chi connectivity index (χ1n) is 7.43. The van der Waals surface area contributed by atoms with Crippen LogP contribution in [0.5, 0.6) is 0 Å². The molecule has 1 N–H and O–H groups in total. The molecule has 1 unspecified atom stereocenters. The minimum Gasteiger partial charge on any atom is -0.357 e. The molecular weight excluding hydrogens is 272 g/mol. The molecule has 20 heavy (non-hydrogen) atoms. The lowest BCUT2D eigenvalue weighted by Gasteiger charge is -2.34. The molecule has 1 heterocycles. The Morgan fingerprint density at radius 1 is 1.45 bits per heavy atom. The molecule has 0 spiro atoms. The topological polar surface area (TPSA) is 47.9 Å². The average Bonchev–Trinajstić information content (AvgIpc) is 2.46. The normalized spacial score (nSPS) is 19.9. The zero-order valence-corrected chi connectivity index (χ0v) is 14.0. The molecule has 1 aliphatic rings. The molecule has 0 radical (unpaired) electrons. The van der Waals surface area contributed by atoms with Gasteiger partial charge in [0, 0.05) is 51.2 Å². The molecule has 0 bridgehead atoms. The molecule has 1 aliphatic heterocycles. The van der Waals surface area contributed by atoms with E-state index in [1.165, 1.54) is 6.42 Å². The molecule has 1 fully saturated rings. The van der Waals surface area contributed by atoms with Crippen molar-refractivity contribution in [2.45, 2.75) is 31.9 Å². The summed E-state index contributed by atoms with van der Waals surface area (Å²) in [5.74, 6) is 2.24. The fraction of sp³-hybridized carbons (Fsp3) is 0.857. The predicted molar refractivity (Wildman–Crippen MR) is 87.4 cm³/mol. The van der Waals surface area contributed by atoms with E-state index in [4.69, 9.17) is 0 Å². The van der Waals surface area contributed by atoms with Gasteiger partial charge >= 0.3 is 0 Å². The zero-order valence-electron chi connectivity index (χ0n) is 13.2. The summed E-state index contributed by atoms with van der Waals surface area (Å²) in [6, 6.07) is 0. The summed E-state index contributed by atoms with van der Waals surface area (Å²) in [5.41, 5.74) is 0. The smallest absolute Gasteiger partial charge is 0.223 e. The van der Waals surface area contributed by atoms with Crippen molar-refractivity contribution in [1.82, 2.24) is 15.1 Å². The third kappa shape index (κ3) is 5.61. The Hall–Kier alpha value is -0.910. The molecule has 1 amide bonds. The quantitative estimate of drug-likeness (QED) is 0.613. The van der Waals surface area contributed by atoms with Crippen LogP contribution >= 0.6 is 11.8 Å². The van der Waals surface area contributed by atoms with Gasteiger partial charge in [0.05, 0.1) is 6.54 Å². The van der Waals surface area contributed by atoms with E-state index in [-0.39, 0.29) is 5.91 Å². The Morgan fingerprint density at radius 3 is 2.80 bits per heavy atom. The van der Waals surface area contributed by atoms with Gasteiger partial charge in [0.15, 0.2) is 5.96 Å². The van der Waals surface area contributed by atoms with Gasteiger partial charge in [-0.15, -0.1) is 0 Å². The molecule has 0 saturated carbocycles. The maximum Gasteiger partial charge on any atom is 0.223 e. The highest BCUT2D eigenvalue weighted by Gasteiger charge is 2.21. The van der Waals surface area contributed by atoms with Crippen LogP contribution < -0.4 is 5.32 Å². The number of amides is 1. The van der Waals surface area contributed by atoms with E-state index in [9.17, 15) is 4.79 Å². The van der Waals surface area contributed by atoms with Crippen LogP contribution in [0.4, 0.5) is 0 Å². The van der Waals surface area contributed by atoms with Crippen molar-refractivity contribution >= 4 is 23.6 Å². The number of rotatable bonds is 5. The second-order valence-corrected chi connectivity index (χ2v) is 6.53. The molecule has 0 aromatic rings. The van der Waals surface area contributed by atoms with Crippen LogP contribution in [0.25, 0.3) is 0 Å². The zero-order chi connectivity index (χ0) is 15.0. The summed E-state index contributed by atoms with van der Waals surface area (Å²) in [6.07, 6.45) is 1.67. The summed E-state index contributed by atoms with van der Waals surface area (Å²) >= 11 is 2.05. The van der Waals surface area contributed by atoms with Gasteiger partial charge in [0.2, 0.25) is 5.91 Å². The van der Waals surface area contributed by atoms with Crippen LogP contribution in [0.2, 0.25) is 0 Å². The number of hydrogen-bond acceptors (Lipinski definition) is 3. The van der Waals surface area contributed by atoms with Crippen molar-refractivity contribution in [3.8, 4) is 0 Å². The molecule has 6 heteroatoms. The molecular formula is C14H28N4OS. The molecule has 0 aliphatic carbocycles. The maximum atomic E-state index is 11.6. The highest BCUT2D eigenvalue weighted by Crippen LogP contribution is 2.21. The third-order valence-corrected chi connectivity index (χ3v) is 4.69. The predicted octanol–water partition coefficient (Wildman–Crippen LogP) is 1.26. The van der Waals surface area contributed by atoms with Crippen molar-refractivity contribution in [3.63, 3.8) is 0 Å². The molecule has 1 saturated heterocycles. The van der Waals surface area contributed by atoms with E-state index in [0.717, 1.165) is 31.3 Å². The van der Waals surface area contributed by atoms with Crippen LogP contribution in [-0.4, -0.2) is 72.9 Å². The second kappa shape index (κ2) is 9.10. The Morgan fingerprint density at radius 2 is 2.20 bits per heavy atom. The lowest BCUT2D eigenvalue weighted by molar-refractivity contribution is -0.128. The van der Waals surface area contributed by atoms with Crippen LogP contribution in [0.15, 0.2) is 4.99 Å². The Labute approximate surface area is 127 Å². The number of carbonyl (C=O) groups is 1. The van der Waals surface area contributed by atoms with Crippen molar-refractivity contribution in [1.29, 1.82) is 0 Å². The van der Waals surface area contributed by atoms with Gasteiger partial charge in [0.1, 0.15) is 0 Å². The summed E-state index contributed by atoms with van der Waals surface area (Å²) in [4.78, 5) is 20.1. The fourth-order valence-corrected chi connectivity index (χ4v) is 3.25. The minimum absolute atomic E-state index is 0.130. The largest absolute Gasteiger partial charge is 0.357 e. The first kappa shape index (κ1) is 17.1. The number of nitrogens with zero attached hydrogens (tertiary/aromatic N) is 3. The SMILES string of the molecule is CCNC(=NCCC(=O)N(C)C)N1CCSC(CC)C1. The molecule has 1 rings (SSSR count). The third-order valence-electron chi connectivity index (χ3n) is 3.31. The summed E-state index contributed by atoms with van der Waals surface area (Å²) in [6.45, 7) is 7.82. The first-order valence-corrected chi connectivity index (χ1v) is 8.48.